The molecule has 0 unspecified atom stereocenters. The summed E-state index contributed by atoms with van der Waals surface area (Å²) in [6, 6.07) is 23.1. The highest BCUT2D eigenvalue weighted by Crippen LogP contribution is 2.44. The number of amides is 2. The maximum atomic E-state index is 12.5. The number of carboxylic acid groups (broad SMARTS) is 1. The number of hydrogen-bond acceptors (Lipinski definition) is 4. The van der Waals surface area contributed by atoms with E-state index in [1.807, 2.05) is 30.2 Å². The molecule has 0 spiro atoms. The normalized spacial score (nSPS) is 11.4. The van der Waals surface area contributed by atoms with Gasteiger partial charge < -0.3 is 15.2 Å². The molecule has 0 saturated heterocycles. The number of nitrogens with one attached hydrogen (secondary N) is 2. The maximum Gasteiger partial charge on any atom is 0.411 e. The molecule has 7 heteroatoms. The summed E-state index contributed by atoms with van der Waals surface area (Å²) in [5, 5.41) is 13.7. The van der Waals surface area contributed by atoms with Crippen LogP contribution in [-0.4, -0.2) is 36.2 Å². The van der Waals surface area contributed by atoms with Crippen LogP contribution >= 0.6 is 0 Å². The fraction of sp³-hybridized carbons (Fsp3) is 0.148. The second kappa shape index (κ2) is 10.4. The quantitative estimate of drug-likeness (QED) is 0.492. The third-order valence-corrected chi connectivity index (χ3v) is 5.45. The smallest absolute Gasteiger partial charge is 0.411 e. The molecule has 0 radical (unpaired) electrons. The minimum absolute atomic E-state index is 0.0302. The van der Waals surface area contributed by atoms with Crippen molar-refractivity contribution >= 4 is 23.7 Å². The van der Waals surface area contributed by atoms with E-state index < -0.39 is 12.1 Å². The first kappa shape index (κ1) is 22.6. The molecular weight excluding hydrogens is 432 g/mol. The Hall–Kier alpha value is -4.57. The number of carboxylic acids is 1. The third-order valence-electron chi connectivity index (χ3n) is 5.45. The van der Waals surface area contributed by atoms with Crippen LogP contribution in [0.25, 0.3) is 11.1 Å². The minimum atomic E-state index is -1.25. The Labute approximate surface area is 196 Å². The van der Waals surface area contributed by atoms with Gasteiger partial charge in [0.15, 0.2) is 0 Å². The summed E-state index contributed by atoms with van der Waals surface area (Å²) in [6.07, 6.45) is -0.512. The molecule has 2 amide bonds. The Morgan fingerprint density at radius 2 is 1.59 bits per heavy atom. The summed E-state index contributed by atoms with van der Waals surface area (Å²) in [6.45, 7) is 0.155. The Morgan fingerprint density at radius 3 is 2.26 bits per heavy atom. The van der Waals surface area contributed by atoms with E-state index in [2.05, 4.69) is 40.8 Å². The molecule has 0 heterocycles. The summed E-state index contributed by atoms with van der Waals surface area (Å²) >= 11 is 0. The van der Waals surface area contributed by atoms with Crippen LogP contribution in [0.1, 0.15) is 22.6 Å². The van der Waals surface area contributed by atoms with Crippen molar-refractivity contribution in [2.75, 3.05) is 18.5 Å². The lowest BCUT2D eigenvalue weighted by atomic mass is 9.98. The van der Waals surface area contributed by atoms with Crippen molar-refractivity contribution in [3.05, 3.63) is 89.5 Å². The largest absolute Gasteiger partial charge is 0.472 e. The molecule has 34 heavy (non-hydrogen) atoms. The van der Waals surface area contributed by atoms with Crippen molar-refractivity contribution in [1.82, 2.24) is 5.32 Å². The van der Waals surface area contributed by atoms with E-state index in [1.54, 1.807) is 24.3 Å². The second-order valence-electron chi connectivity index (χ2n) is 7.71. The van der Waals surface area contributed by atoms with Gasteiger partial charge in [-0.25, -0.2) is 9.59 Å². The van der Waals surface area contributed by atoms with Crippen LogP contribution in [-0.2, 0) is 20.7 Å². The van der Waals surface area contributed by atoms with Crippen molar-refractivity contribution in [3.8, 4) is 23.0 Å². The van der Waals surface area contributed by atoms with Crippen LogP contribution in [0.3, 0.4) is 0 Å². The first-order valence-electron chi connectivity index (χ1n) is 10.7. The van der Waals surface area contributed by atoms with Crippen molar-refractivity contribution in [2.45, 2.75) is 12.3 Å². The SMILES string of the molecule is O=C(O)C#CCNC(=O)Cc1cccc(NC(=O)OCC2c3ccccc3-c3ccccc32)c1. The molecule has 0 fully saturated rings. The Kier molecular flexibility index (Phi) is 6.89. The number of hydrogen-bond donors (Lipinski definition) is 3. The zero-order valence-corrected chi connectivity index (χ0v) is 18.2. The Balaban J connectivity index is 1.33. The van der Waals surface area contributed by atoms with E-state index in [0.717, 1.165) is 22.3 Å². The number of aliphatic carboxylic acids is 1. The van der Waals surface area contributed by atoms with Gasteiger partial charge in [-0.05, 0) is 39.9 Å². The molecule has 0 atom stereocenters. The van der Waals surface area contributed by atoms with Gasteiger partial charge in [-0.2, -0.15) is 0 Å². The van der Waals surface area contributed by atoms with Crippen LogP contribution in [0.2, 0.25) is 0 Å². The molecule has 0 bridgehead atoms. The Morgan fingerprint density at radius 1 is 0.912 bits per heavy atom. The van der Waals surface area contributed by atoms with E-state index in [0.29, 0.717) is 11.3 Å². The third kappa shape index (κ3) is 5.43. The highest BCUT2D eigenvalue weighted by atomic mass is 16.5. The number of carbonyl (C=O) groups is 3. The molecule has 7 nitrogen and oxygen atoms in total. The van der Waals surface area contributed by atoms with Gasteiger partial charge in [0, 0.05) is 17.5 Å². The zero-order chi connectivity index (χ0) is 23.9. The summed E-state index contributed by atoms with van der Waals surface area (Å²) < 4.78 is 5.56. The molecule has 0 aromatic heterocycles. The van der Waals surface area contributed by atoms with Crippen LogP contribution in [0, 0.1) is 11.8 Å². The highest BCUT2D eigenvalue weighted by Gasteiger charge is 2.29. The molecular formula is C27H22N2O5. The molecule has 3 aromatic carbocycles. The number of fused-ring (bicyclic) bond motifs is 3. The maximum absolute atomic E-state index is 12.5. The van der Waals surface area contributed by atoms with Crippen LogP contribution in [0.4, 0.5) is 10.5 Å². The molecule has 0 aliphatic heterocycles. The van der Waals surface area contributed by atoms with E-state index in [9.17, 15) is 14.4 Å². The molecule has 4 rings (SSSR count). The van der Waals surface area contributed by atoms with Gasteiger partial charge >= 0.3 is 12.1 Å². The van der Waals surface area contributed by atoms with Gasteiger partial charge in [0.1, 0.15) is 6.61 Å². The lowest BCUT2D eigenvalue weighted by molar-refractivity contribution is -0.130. The molecule has 1 aliphatic rings. The van der Waals surface area contributed by atoms with Crippen LogP contribution in [0.15, 0.2) is 72.8 Å². The van der Waals surface area contributed by atoms with Crippen molar-refractivity contribution in [1.29, 1.82) is 0 Å². The van der Waals surface area contributed by atoms with Crippen molar-refractivity contribution in [3.63, 3.8) is 0 Å². The molecule has 3 aromatic rings. The highest BCUT2D eigenvalue weighted by molar-refractivity contribution is 5.87. The van der Waals surface area contributed by atoms with Crippen molar-refractivity contribution < 1.29 is 24.2 Å². The fourth-order valence-electron chi connectivity index (χ4n) is 4.02. The number of ether oxygens (including phenoxy) is 1. The molecule has 170 valence electrons. The topological polar surface area (TPSA) is 105 Å². The number of anilines is 1. The van der Waals surface area contributed by atoms with Gasteiger partial charge in [-0.3, -0.25) is 10.1 Å². The summed E-state index contributed by atoms with van der Waals surface area (Å²) in [4.78, 5) is 34.8. The van der Waals surface area contributed by atoms with Crippen LogP contribution in [0.5, 0.6) is 0 Å². The summed E-state index contributed by atoms with van der Waals surface area (Å²) in [5.41, 5.74) is 5.78. The Bertz CT molecular complexity index is 1260. The van der Waals surface area contributed by atoms with Gasteiger partial charge in [0.25, 0.3) is 0 Å². The van der Waals surface area contributed by atoms with E-state index >= 15 is 0 Å². The fourth-order valence-corrected chi connectivity index (χ4v) is 4.02. The van der Waals surface area contributed by atoms with Gasteiger partial charge in [-0.15, -0.1) is 0 Å². The molecule has 3 N–H and O–H groups in total. The monoisotopic (exact) mass is 454 g/mol. The molecule has 1 aliphatic carbocycles. The summed E-state index contributed by atoms with van der Waals surface area (Å²) in [7, 11) is 0. The average molecular weight is 454 g/mol. The first-order valence-corrected chi connectivity index (χ1v) is 10.7. The number of rotatable bonds is 6. The number of benzene rings is 3. The predicted octanol–water partition coefficient (Wildman–Crippen LogP) is 3.79. The lowest BCUT2D eigenvalue weighted by Gasteiger charge is -2.15. The van der Waals surface area contributed by atoms with E-state index in [1.165, 1.54) is 0 Å². The van der Waals surface area contributed by atoms with Gasteiger partial charge in [0.05, 0.1) is 13.0 Å². The summed E-state index contributed by atoms with van der Waals surface area (Å²) in [5.74, 6) is 2.68. The zero-order valence-electron chi connectivity index (χ0n) is 18.2. The lowest BCUT2D eigenvalue weighted by Crippen LogP contribution is -2.25. The van der Waals surface area contributed by atoms with Crippen molar-refractivity contribution in [2.24, 2.45) is 0 Å². The van der Waals surface area contributed by atoms with Gasteiger partial charge in [0.2, 0.25) is 5.91 Å². The number of carbonyl (C=O) groups excluding carboxylic acids is 2. The van der Waals surface area contributed by atoms with E-state index in [-0.39, 0.29) is 31.4 Å². The standard InChI is InChI=1S/C27H22N2O5/c30-25(28-14-6-13-26(31)32)16-18-7-5-8-19(15-18)29-27(33)34-17-24-22-11-3-1-9-20(22)21-10-2-4-12-23(21)24/h1-5,7-12,15,24H,14,16-17H2,(H,28,30)(H,29,33)(H,31,32). The molecule has 0 saturated carbocycles. The van der Waals surface area contributed by atoms with Crippen LogP contribution < -0.4 is 10.6 Å². The minimum Gasteiger partial charge on any atom is -0.472 e. The second-order valence-corrected chi connectivity index (χ2v) is 7.71. The van der Waals surface area contributed by atoms with E-state index in [4.69, 9.17) is 9.84 Å². The van der Waals surface area contributed by atoms with Gasteiger partial charge in [-0.1, -0.05) is 66.6 Å². The predicted molar refractivity (Wildman–Crippen MR) is 127 cm³/mol. The average Bonchev–Trinajstić information content (AvgIpc) is 3.14. The first-order chi connectivity index (χ1) is 16.5.